The first-order chi connectivity index (χ1) is 7.67. The maximum Gasteiger partial charge on any atom is 0.140 e. The predicted octanol–water partition coefficient (Wildman–Crippen LogP) is 1.06. The van der Waals surface area contributed by atoms with Crippen LogP contribution in [0.4, 0.5) is 0 Å². The molecule has 1 fully saturated rings. The van der Waals surface area contributed by atoms with Crippen molar-refractivity contribution in [2.75, 3.05) is 6.61 Å². The lowest BCUT2D eigenvalue weighted by Gasteiger charge is -2.25. The lowest BCUT2D eigenvalue weighted by molar-refractivity contribution is 0.0797. The van der Waals surface area contributed by atoms with Crippen molar-refractivity contribution >= 4 is 5.84 Å². The number of nitrogens with zero attached hydrogens (tertiary/aromatic N) is 1. The van der Waals surface area contributed by atoms with Gasteiger partial charge in [0.25, 0.3) is 0 Å². The smallest absolute Gasteiger partial charge is 0.140 e. The molecule has 1 heterocycles. The molecule has 1 aliphatic heterocycles. The zero-order chi connectivity index (χ0) is 12.0. The van der Waals surface area contributed by atoms with Gasteiger partial charge in [0.15, 0.2) is 0 Å². The standard InChI is InChI=1S/C11H23N3O2/c1-3-9(7-11(12)14-15)13-8(2)10-5-4-6-16-10/h8-10,13,15H,3-7H2,1-2H3,(H2,12,14). The van der Waals surface area contributed by atoms with Crippen molar-refractivity contribution in [2.24, 2.45) is 10.9 Å². The average molecular weight is 229 g/mol. The topological polar surface area (TPSA) is 79.9 Å². The molecule has 3 unspecified atom stereocenters. The third-order valence-corrected chi connectivity index (χ3v) is 3.10. The quantitative estimate of drug-likeness (QED) is 0.275. The number of ether oxygens (including phenoxy) is 1. The van der Waals surface area contributed by atoms with Crippen LogP contribution >= 0.6 is 0 Å². The summed E-state index contributed by atoms with van der Waals surface area (Å²) in [7, 11) is 0. The van der Waals surface area contributed by atoms with E-state index in [0.29, 0.717) is 18.6 Å². The summed E-state index contributed by atoms with van der Waals surface area (Å²) in [5.41, 5.74) is 5.51. The third kappa shape index (κ3) is 3.98. The van der Waals surface area contributed by atoms with Gasteiger partial charge in [0.1, 0.15) is 5.84 Å². The van der Waals surface area contributed by atoms with E-state index in [0.717, 1.165) is 25.9 Å². The summed E-state index contributed by atoms with van der Waals surface area (Å²) in [4.78, 5) is 0. The Hall–Kier alpha value is -0.810. The lowest BCUT2D eigenvalue weighted by atomic mass is 10.1. The molecule has 5 nitrogen and oxygen atoms in total. The Morgan fingerprint density at radius 3 is 2.94 bits per heavy atom. The molecular formula is C11H23N3O2. The van der Waals surface area contributed by atoms with Crippen LogP contribution in [-0.2, 0) is 4.74 Å². The van der Waals surface area contributed by atoms with Crippen molar-refractivity contribution in [2.45, 2.75) is 57.7 Å². The summed E-state index contributed by atoms with van der Waals surface area (Å²) in [5, 5.41) is 15.0. The molecule has 0 aromatic rings. The van der Waals surface area contributed by atoms with Crippen molar-refractivity contribution < 1.29 is 9.94 Å². The molecule has 0 radical (unpaired) electrons. The average Bonchev–Trinajstić information content (AvgIpc) is 2.81. The minimum atomic E-state index is 0.245. The summed E-state index contributed by atoms with van der Waals surface area (Å²) < 4.78 is 5.62. The number of hydrogen-bond acceptors (Lipinski definition) is 4. The normalized spacial score (nSPS) is 25.6. The largest absolute Gasteiger partial charge is 0.409 e. The Kier molecular flexibility index (Phi) is 5.55. The van der Waals surface area contributed by atoms with E-state index < -0.39 is 0 Å². The fourth-order valence-electron chi connectivity index (χ4n) is 2.09. The van der Waals surface area contributed by atoms with Crippen LogP contribution in [0.2, 0.25) is 0 Å². The summed E-state index contributed by atoms with van der Waals surface area (Å²) in [6.45, 7) is 5.09. The Bertz CT molecular complexity index is 227. The molecule has 0 amide bonds. The molecule has 16 heavy (non-hydrogen) atoms. The van der Waals surface area contributed by atoms with Crippen LogP contribution in [0.5, 0.6) is 0 Å². The molecule has 1 aliphatic rings. The highest BCUT2D eigenvalue weighted by atomic mass is 16.5. The Morgan fingerprint density at radius 1 is 1.69 bits per heavy atom. The van der Waals surface area contributed by atoms with Gasteiger partial charge in [-0.2, -0.15) is 0 Å². The minimum Gasteiger partial charge on any atom is -0.409 e. The Labute approximate surface area is 97.0 Å². The zero-order valence-corrected chi connectivity index (χ0v) is 10.1. The molecule has 1 saturated heterocycles. The summed E-state index contributed by atoms with van der Waals surface area (Å²) in [6.07, 6.45) is 4.10. The molecule has 0 saturated carbocycles. The van der Waals surface area contributed by atoms with Gasteiger partial charge in [-0.25, -0.2) is 0 Å². The van der Waals surface area contributed by atoms with Crippen LogP contribution in [-0.4, -0.2) is 35.8 Å². The van der Waals surface area contributed by atoms with E-state index in [-0.39, 0.29) is 11.9 Å². The Morgan fingerprint density at radius 2 is 2.44 bits per heavy atom. The molecule has 3 atom stereocenters. The van der Waals surface area contributed by atoms with E-state index >= 15 is 0 Å². The SMILES string of the molecule is CCC(CC(N)=NO)NC(C)C1CCCO1. The molecule has 4 N–H and O–H groups in total. The van der Waals surface area contributed by atoms with Gasteiger partial charge < -0.3 is 21.0 Å². The number of amidine groups is 1. The van der Waals surface area contributed by atoms with E-state index in [1.807, 2.05) is 0 Å². The summed E-state index contributed by atoms with van der Waals surface area (Å²) in [5.74, 6) is 0.277. The Balaban J connectivity index is 2.36. The van der Waals surface area contributed by atoms with Gasteiger partial charge in [0, 0.05) is 25.1 Å². The van der Waals surface area contributed by atoms with Gasteiger partial charge in [0.2, 0.25) is 0 Å². The van der Waals surface area contributed by atoms with Gasteiger partial charge in [-0.05, 0) is 26.2 Å². The highest BCUT2D eigenvalue weighted by Crippen LogP contribution is 2.16. The van der Waals surface area contributed by atoms with E-state index in [2.05, 4.69) is 24.3 Å². The van der Waals surface area contributed by atoms with Gasteiger partial charge in [-0.3, -0.25) is 0 Å². The number of nitrogens with two attached hydrogens (primary N) is 1. The van der Waals surface area contributed by atoms with Gasteiger partial charge in [-0.1, -0.05) is 12.1 Å². The molecule has 0 spiro atoms. The first kappa shape index (κ1) is 13.3. The first-order valence-corrected chi connectivity index (χ1v) is 6.01. The monoisotopic (exact) mass is 229 g/mol. The molecule has 0 aliphatic carbocycles. The van der Waals surface area contributed by atoms with Crippen LogP contribution in [0, 0.1) is 0 Å². The minimum absolute atomic E-state index is 0.245. The number of rotatable bonds is 6. The van der Waals surface area contributed by atoms with Gasteiger partial charge in [-0.15, -0.1) is 0 Å². The lowest BCUT2D eigenvalue weighted by Crippen LogP contribution is -2.44. The fourth-order valence-corrected chi connectivity index (χ4v) is 2.09. The molecule has 5 heteroatoms. The van der Waals surface area contributed by atoms with E-state index in [4.69, 9.17) is 15.7 Å². The fraction of sp³-hybridized carbons (Fsp3) is 0.909. The van der Waals surface area contributed by atoms with Crippen LogP contribution < -0.4 is 11.1 Å². The second-order valence-corrected chi connectivity index (χ2v) is 4.41. The van der Waals surface area contributed by atoms with Crippen molar-refractivity contribution in [1.82, 2.24) is 5.32 Å². The maximum atomic E-state index is 8.54. The van der Waals surface area contributed by atoms with Gasteiger partial charge in [0.05, 0.1) is 6.10 Å². The highest BCUT2D eigenvalue weighted by Gasteiger charge is 2.24. The van der Waals surface area contributed by atoms with Crippen LogP contribution in [0.25, 0.3) is 0 Å². The molecule has 94 valence electrons. The van der Waals surface area contributed by atoms with E-state index in [1.165, 1.54) is 0 Å². The second kappa shape index (κ2) is 6.70. The third-order valence-electron chi connectivity index (χ3n) is 3.10. The second-order valence-electron chi connectivity index (χ2n) is 4.41. The number of oxime groups is 1. The molecule has 0 aromatic carbocycles. The van der Waals surface area contributed by atoms with Crippen LogP contribution in [0.15, 0.2) is 5.16 Å². The molecule has 0 bridgehead atoms. The first-order valence-electron chi connectivity index (χ1n) is 6.01. The zero-order valence-electron chi connectivity index (χ0n) is 10.1. The highest BCUT2D eigenvalue weighted by molar-refractivity contribution is 5.80. The maximum absolute atomic E-state index is 8.54. The van der Waals surface area contributed by atoms with Gasteiger partial charge >= 0.3 is 0 Å². The molecular weight excluding hydrogens is 206 g/mol. The number of hydrogen-bond donors (Lipinski definition) is 3. The predicted molar refractivity (Wildman–Crippen MR) is 63.7 cm³/mol. The van der Waals surface area contributed by atoms with Crippen molar-refractivity contribution in [3.05, 3.63) is 0 Å². The van der Waals surface area contributed by atoms with Crippen LogP contribution in [0.1, 0.15) is 39.5 Å². The summed E-state index contributed by atoms with van der Waals surface area (Å²) in [6, 6.07) is 0.564. The van der Waals surface area contributed by atoms with Crippen molar-refractivity contribution in [3.8, 4) is 0 Å². The molecule has 0 aromatic heterocycles. The van der Waals surface area contributed by atoms with E-state index in [1.54, 1.807) is 0 Å². The van der Waals surface area contributed by atoms with E-state index in [9.17, 15) is 0 Å². The van der Waals surface area contributed by atoms with Crippen LogP contribution in [0.3, 0.4) is 0 Å². The summed E-state index contributed by atoms with van der Waals surface area (Å²) >= 11 is 0. The number of nitrogens with one attached hydrogen (secondary N) is 1. The van der Waals surface area contributed by atoms with Crippen molar-refractivity contribution in [3.63, 3.8) is 0 Å². The molecule has 1 rings (SSSR count). The van der Waals surface area contributed by atoms with Crippen molar-refractivity contribution in [1.29, 1.82) is 0 Å².